The lowest BCUT2D eigenvalue weighted by atomic mass is 10.2. The monoisotopic (exact) mass is 272 g/mol. The number of aromatic nitrogens is 1. The first-order chi connectivity index (χ1) is 9.70. The average Bonchev–Trinajstić information content (AvgIpc) is 2.45. The van der Waals surface area contributed by atoms with Gasteiger partial charge in [0.1, 0.15) is 5.82 Å². The number of benzene rings is 1. The van der Waals surface area contributed by atoms with Gasteiger partial charge < -0.3 is 20.7 Å². The minimum atomic E-state index is 0.220. The maximum Gasteiger partial charge on any atom is 0.126 e. The first-order valence-electron chi connectivity index (χ1n) is 6.91. The molecule has 2 heterocycles. The number of nitrogens with zero attached hydrogens (tertiary/aromatic N) is 2. The summed E-state index contributed by atoms with van der Waals surface area (Å²) in [5.41, 5.74) is 7.48. The van der Waals surface area contributed by atoms with E-state index in [0.717, 1.165) is 48.6 Å². The second kappa shape index (κ2) is 5.64. The van der Waals surface area contributed by atoms with Gasteiger partial charge in [-0.25, -0.2) is 4.98 Å². The van der Waals surface area contributed by atoms with E-state index in [1.807, 2.05) is 30.3 Å². The zero-order valence-electron chi connectivity index (χ0n) is 11.7. The van der Waals surface area contributed by atoms with E-state index in [0.29, 0.717) is 0 Å². The van der Waals surface area contributed by atoms with Gasteiger partial charge in [-0.1, -0.05) is 0 Å². The molecule has 20 heavy (non-hydrogen) atoms. The molecule has 3 N–H and O–H groups in total. The number of nitrogen functional groups attached to an aromatic ring is 1. The molecule has 0 saturated carbocycles. The fourth-order valence-corrected chi connectivity index (χ4v) is 2.45. The molecule has 0 spiro atoms. The standard InChI is InChI=1S/C15H20N4O/c1-19-6-7-20-13(10-19)9-17-15-5-2-11-8-12(16)3-4-14(11)18-15/h2-5,8,13H,6-7,9-10,16H2,1H3,(H,17,18). The topological polar surface area (TPSA) is 63.4 Å². The summed E-state index contributed by atoms with van der Waals surface area (Å²) >= 11 is 0. The van der Waals surface area contributed by atoms with Crippen LogP contribution in [0.25, 0.3) is 10.9 Å². The number of anilines is 2. The molecule has 3 rings (SSSR count). The third-order valence-corrected chi connectivity index (χ3v) is 3.57. The quantitative estimate of drug-likeness (QED) is 0.830. The first-order valence-corrected chi connectivity index (χ1v) is 6.91. The number of rotatable bonds is 3. The van der Waals surface area contributed by atoms with E-state index in [2.05, 4.69) is 22.2 Å². The molecule has 5 nitrogen and oxygen atoms in total. The molecule has 0 amide bonds. The van der Waals surface area contributed by atoms with Crippen molar-refractivity contribution in [2.45, 2.75) is 6.10 Å². The molecule has 1 unspecified atom stereocenters. The minimum Gasteiger partial charge on any atom is -0.399 e. The predicted octanol–water partition coefficient (Wildman–Crippen LogP) is 1.56. The van der Waals surface area contributed by atoms with Gasteiger partial charge in [0.2, 0.25) is 0 Å². The molecule has 106 valence electrons. The molecule has 2 aromatic rings. The molecule has 0 aliphatic carbocycles. The van der Waals surface area contributed by atoms with Crippen LogP contribution in [-0.2, 0) is 4.74 Å². The number of nitrogens with one attached hydrogen (secondary N) is 1. The Bertz CT molecular complexity index is 601. The Morgan fingerprint density at radius 2 is 2.30 bits per heavy atom. The molecular weight excluding hydrogens is 252 g/mol. The molecular formula is C15H20N4O. The summed E-state index contributed by atoms with van der Waals surface area (Å²) in [7, 11) is 2.12. The Kier molecular flexibility index (Phi) is 3.71. The molecule has 1 aromatic carbocycles. The van der Waals surface area contributed by atoms with Gasteiger partial charge in [0, 0.05) is 30.7 Å². The van der Waals surface area contributed by atoms with Gasteiger partial charge >= 0.3 is 0 Å². The van der Waals surface area contributed by atoms with Gasteiger partial charge in [0.15, 0.2) is 0 Å². The predicted molar refractivity (Wildman–Crippen MR) is 81.9 cm³/mol. The highest BCUT2D eigenvalue weighted by Crippen LogP contribution is 2.18. The van der Waals surface area contributed by atoms with Crippen molar-refractivity contribution in [3.8, 4) is 0 Å². The molecule has 1 aliphatic rings. The summed E-state index contributed by atoms with van der Waals surface area (Å²) in [6.45, 7) is 3.54. The molecule has 0 bridgehead atoms. The lowest BCUT2D eigenvalue weighted by Gasteiger charge is -2.30. The molecule has 1 aliphatic heterocycles. The zero-order valence-corrected chi connectivity index (χ0v) is 11.7. The highest BCUT2D eigenvalue weighted by atomic mass is 16.5. The molecule has 1 atom stereocenters. The van der Waals surface area contributed by atoms with Crippen molar-refractivity contribution in [1.82, 2.24) is 9.88 Å². The maximum absolute atomic E-state index is 5.77. The van der Waals surface area contributed by atoms with Crippen molar-refractivity contribution >= 4 is 22.4 Å². The third-order valence-electron chi connectivity index (χ3n) is 3.57. The SMILES string of the molecule is CN1CCOC(CNc2ccc3cc(N)ccc3n2)C1. The number of hydrogen-bond acceptors (Lipinski definition) is 5. The van der Waals surface area contributed by atoms with E-state index >= 15 is 0 Å². The van der Waals surface area contributed by atoms with Crippen LogP contribution < -0.4 is 11.1 Å². The van der Waals surface area contributed by atoms with Gasteiger partial charge in [0.25, 0.3) is 0 Å². The molecule has 1 saturated heterocycles. The van der Waals surface area contributed by atoms with Crippen LogP contribution in [0.4, 0.5) is 11.5 Å². The molecule has 5 heteroatoms. The average molecular weight is 272 g/mol. The summed E-state index contributed by atoms with van der Waals surface area (Å²) in [5, 5.41) is 4.41. The highest BCUT2D eigenvalue weighted by molar-refractivity contribution is 5.83. The smallest absolute Gasteiger partial charge is 0.126 e. The maximum atomic E-state index is 5.77. The zero-order chi connectivity index (χ0) is 13.9. The number of hydrogen-bond donors (Lipinski definition) is 2. The normalized spacial score (nSPS) is 20.1. The summed E-state index contributed by atoms with van der Waals surface area (Å²) < 4.78 is 5.72. The summed E-state index contributed by atoms with van der Waals surface area (Å²) in [4.78, 5) is 6.87. The molecule has 1 aromatic heterocycles. The lowest BCUT2D eigenvalue weighted by Crippen LogP contribution is -2.43. The number of fused-ring (bicyclic) bond motifs is 1. The van der Waals surface area contributed by atoms with Crippen LogP contribution in [0.2, 0.25) is 0 Å². The van der Waals surface area contributed by atoms with Gasteiger partial charge in [-0.15, -0.1) is 0 Å². The Hall–Kier alpha value is -1.85. The van der Waals surface area contributed by atoms with Crippen molar-refractivity contribution in [3.63, 3.8) is 0 Å². The van der Waals surface area contributed by atoms with Crippen LogP contribution in [0.3, 0.4) is 0 Å². The number of pyridine rings is 1. The lowest BCUT2D eigenvalue weighted by molar-refractivity contribution is -0.0117. The number of likely N-dealkylation sites (N-methyl/N-ethyl adjacent to an activating group) is 1. The number of nitrogens with two attached hydrogens (primary N) is 1. The van der Waals surface area contributed by atoms with Crippen LogP contribution in [0, 0.1) is 0 Å². The van der Waals surface area contributed by atoms with Crippen molar-refractivity contribution in [3.05, 3.63) is 30.3 Å². The van der Waals surface area contributed by atoms with E-state index in [4.69, 9.17) is 10.5 Å². The van der Waals surface area contributed by atoms with E-state index < -0.39 is 0 Å². The highest BCUT2D eigenvalue weighted by Gasteiger charge is 2.17. The Labute approximate surface area is 118 Å². The van der Waals surface area contributed by atoms with E-state index in [-0.39, 0.29) is 6.10 Å². The Morgan fingerprint density at radius 1 is 1.40 bits per heavy atom. The van der Waals surface area contributed by atoms with Crippen molar-refractivity contribution < 1.29 is 4.74 Å². The first kappa shape index (κ1) is 13.1. The Morgan fingerprint density at radius 3 is 3.15 bits per heavy atom. The number of ether oxygens (including phenoxy) is 1. The van der Waals surface area contributed by atoms with Gasteiger partial charge in [0.05, 0.1) is 18.2 Å². The van der Waals surface area contributed by atoms with Crippen molar-refractivity contribution in [2.75, 3.05) is 44.3 Å². The largest absolute Gasteiger partial charge is 0.399 e. The van der Waals surface area contributed by atoms with Gasteiger partial charge in [-0.05, 0) is 37.4 Å². The Balaban J connectivity index is 1.67. The van der Waals surface area contributed by atoms with E-state index in [1.165, 1.54) is 0 Å². The van der Waals surface area contributed by atoms with E-state index in [9.17, 15) is 0 Å². The summed E-state index contributed by atoms with van der Waals surface area (Å²) in [6, 6.07) is 9.77. The van der Waals surface area contributed by atoms with Crippen LogP contribution in [0.15, 0.2) is 30.3 Å². The number of morpholine rings is 1. The van der Waals surface area contributed by atoms with Crippen molar-refractivity contribution in [2.24, 2.45) is 0 Å². The third kappa shape index (κ3) is 3.00. The van der Waals surface area contributed by atoms with Crippen molar-refractivity contribution in [1.29, 1.82) is 0 Å². The van der Waals surface area contributed by atoms with Crippen LogP contribution in [-0.4, -0.2) is 49.3 Å². The van der Waals surface area contributed by atoms with Crippen LogP contribution in [0.1, 0.15) is 0 Å². The van der Waals surface area contributed by atoms with Crippen LogP contribution in [0.5, 0.6) is 0 Å². The fraction of sp³-hybridized carbons (Fsp3) is 0.400. The van der Waals surface area contributed by atoms with Gasteiger partial charge in [-0.2, -0.15) is 0 Å². The minimum absolute atomic E-state index is 0.220. The van der Waals surface area contributed by atoms with Crippen LogP contribution >= 0.6 is 0 Å². The second-order valence-electron chi connectivity index (χ2n) is 5.28. The molecule has 1 fully saturated rings. The van der Waals surface area contributed by atoms with Gasteiger partial charge in [-0.3, -0.25) is 0 Å². The fourth-order valence-electron chi connectivity index (χ4n) is 2.45. The molecule has 0 radical (unpaired) electrons. The summed E-state index contributed by atoms with van der Waals surface area (Å²) in [6.07, 6.45) is 0.220. The summed E-state index contributed by atoms with van der Waals surface area (Å²) in [5.74, 6) is 0.874. The second-order valence-corrected chi connectivity index (χ2v) is 5.28. The van der Waals surface area contributed by atoms with E-state index in [1.54, 1.807) is 0 Å².